The topological polar surface area (TPSA) is 3.24 Å². The van der Waals surface area contributed by atoms with Crippen molar-refractivity contribution in [3.05, 3.63) is 208 Å². The molecular formula is C61H55N. The van der Waals surface area contributed by atoms with E-state index in [4.69, 9.17) is 0 Å². The fourth-order valence-corrected chi connectivity index (χ4v) is 16.3. The van der Waals surface area contributed by atoms with E-state index in [1.54, 1.807) is 11.1 Å². The lowest BCUT2D eigenvalue weighted by atomic mass is 9.27. The predicted octanol–water partition coefficient (Wildman–Crippen LogP) is 15.2. The SMILES string of the molecule is CC1(C)CCC(C)(C)c2cc(N(c3ccc(C4(c5ccccc5)c5ccccc5-c5ccccc54)cc3)c3cccc4c3-c3ccccc3C43C4CC5CC6CC3C64C5)ccc21. The molecule has 7 aliphatic rings. The van der Waals surface area contributed by atoms with E-state index in [1.165, 1.54) is 111 Å². The van der Waals surface area contributed by atoms with Crippen LogP contribution in [0.4, 0.5) is 17.1 Å². The van der Waals surface area contributed by atoms with E-state index in [0.29, 0.717) is 5.41 Å². The summed E-state index contributed by atoms with van der Waals surface area (Å²) < 4.78 is 0. The maximum Gasteiger partial charge on any atom is 0.0713 e. The zero-order valence-electron chi connectivity index (χ0n) is 36.6. The van der Waals surface area contributed by atoms with Gasteiger partial charge in [-0.15, -0.1) is 0 Å². The van der Waals surface area contributed by atoms with Crippen LogP contribution < -0.4 is 4.90 Å². The van der Waals surface area contributed by atoms with Gasteiger partial charge in [0.05, 0.1) is 11.1 Å². The average Bonchev–Trinajstić information content (AvgIpc) is 4.02. The van der Waals surface area contributed by atoms with E-state index >= 15 is 0 Å². The summed E-state index contributed by atoms with van der Waals surface area (Å²) in [6.07, 6.45) is 8.23. The lowest BCUT2D eigenvalue weighted by molar-refractivity contribution is -0.231. The first-order chi connectivity index (χ1) is 30.2. The normalized spacial score (nSPS) is 28.5. The van der Waals surface area contributed by atoms with Crippen molar-refractivity contribution in [1.29, 1.82) is 0 Å². The minimum atomic E-state index is -0.431. The number of benzene rings is 7. The van der Waals surface area contributed by atoms with Crippen LogP contribution in [-0.2, 0) is 21.7 Å². The molecule has 1 nitrogen and oxygen atoms in total. The lowest BCUT2D eigenvalue weighted by Crippen LogP contribution is -2.73. The lowest BCUT2D eigenvalue weighted by Gasteiger charge is -2.76. The Morgan fingerprint density at radius 3 is 1.74 bits per heavy atom. The Balaban J connectivity index is 0.997. The van der Waals surface area contributed by atoms with Gasteiger partial charge in [0.2, 0.25) is 0 Å². The second-order valence-electron chi connectivity index (χ2n) is 21.9. The molecule has 0 aromatic heterocycles. The van der Waals surface area contributed by atoms with E-state index in [-0.39, 0.29) is 16.2 Å². The summed E-state index contributed by atoms with van der Waals surface area (Å²) in [6.45, 7) is 9.84. The molecule has 0 heterocycles. The molecule has 6 unspecified atom stereocenters. The maximum absolute atomic E-state index is 2.65. The zero-order valence-corrected chi connectivity index (χ0v) is 36.6. The third kappa shape index (κ3) is 4.09. The van der Waals surface area contributed by atoms with Gasteiger partial charge >= 0.3 is 0 Å². The van der Waals surface area contributed by atoms with Gasteiger partial charge in [-0.3, -0.25) is 0 Å². The van der Waals surface area contributed by atoms with Crippen molar-refractivity contribution in [2.24, 2.45) is 29.1 Å². The summed E-state index contributed by atoms with van der Waals surface area (Å²) in [5.74, 6) is 3.46. The van der Waals surface area contributed by atoms with Crippen molar-refractivity contribution in [2.75, 3.05) is 4.90 Å². The highest BCUT2D eigenvalue weighted by atomic mass is 15.1. The molecule has 0 saturated heterocycles. The molecule has 4 saturated carbocycles. The first kappa shape index (κ1) is 35.9. The third-order valence-electron chi connectivity index (χ3n) is 18.7. The number of fused-ring (bicyclic) bond motifs is 12. The summed E-state index contributed by atoms with van der Waals surface area (Å²) in [4.78, 5) is 2.65. The van der Waals surface area contributed by atoms with Crippen LogP contribution in [0.1, 0.15) is 111 Å². The van der Waals surface area contributed by atoms with Crippen molar-refractivity contribution in [3.63, 3.8) is 0 Å². The van der Waals surface area contributed by atoms with Crippen LogP contribution in [0.3, 0.4) is 0 Å². The number of rotatable bonds is 5. The van der Waals surface area contributed by atoms with Gasteiger partial charge < -0.3 is 4.90 Å². The molecule has 2 spiro atoms. The predicted molar refractivity (Wildman–Crippen MR) is 255 cm³/mol. The molecule has 1 heteroatoms. The van der Waals surface area contributed by atoms with Crippen molar-refractivity contribution < 1.29 is 0 Å². The van der Waals surface area contributed by atoms with Gasteiger partial charge in [0.15, 0.2) is 0 Å². The molecule has 4 fully saturated rings. The minimum Gasteiger partial charge on any atom is -0.310 e. The van der Waals surface area contributed by atoms with Gasteiger partial charge in [-0.1, -0.05) is 161 Å². The number of hydrogen-bond acceptors (Lipinski definition) is 1. The van der Waals surface area contributed by atoms with Crippen LogP contribution in [0.15, 0.2) is 164 Å². The number of hydrogen-bond donors (Lipinski definition) is 0. The highest BCUT2D eigenvalue weighted by Gasteiger charge is 2.84. The summed E-state index contributed by atoms with van der Waals surface area (Å²) >= 11 is 0. The van der Waals surface area contributed by atoms with E-state index in [0.717, 1.165) is 23.7 Å². The maximum atomic E-state index is 2.65. The zero-order chi connectivity index (χ0) is 41.4. The second kappa shape index (κ2) is 11.9. The largest absolute Gasteiger partial charge is 0.310 e. The second-order valence-corrected chi connectivity index (χ2v) is 21.9. The highest BCUT2D eigenvalue weighted by molar-refractivity contribution is 5.96. The fourth-order valence-electron chi connectivity index (χ4n) is 16.3. The Morgan fingerprint density at radius 1 is 0.452 bits per heavy atom. The smallest absolute Gasteiger partial charge is 0.0713 e. The Labute approximate surface area is 367 Å². The Hall–Kier alpha value is -5.66. The summed E-state index contributed by atoms with van der Waals surface area (Å²) in [5, 5.41) is 0. The molecular weight excluding hydrogens is 747 g/mol. The van der Waals surface area contributed by atoms with Crippen LogP contribution >= 0.6 is 0 Å². The van der Waals surface area contributed by atoms with E-state index in [1.807, 2.05) is 0 Å². The standard InChI is InChI=1S/C61H55N/c1-57(2)31-32-58(3,4)52-36-43(29-30-50(52)57)62(53-24-14-23-51-56(53)46-19-10-13-22-49(46)61(51)54-34-38-33-41-35-55(61)59(41,54)37-38)42-27-25-40(26-28-42)60(39-15-6-5-7-16-39)47-20-11-8-17-44(47)45-18-9-12-21-48(45)60/h5-30,36,38,41,54-55H,31-35,37H2,1-4H3. The molecule has 2 bridgehead atoms. The van der Waals surface area contributed by atoms with E-state index < -0.39 is 5.41 Å². The monoisotopic (exact) mass is 801 g/mol. The van der Waals surface area contributed by atoms with Crippen LogP contribution in [0.2, 0.25) is 0 Å². The molecule has 0 N–H and O–H groups in total. The van der Waals surface area contributed by atoms with Gasteiger partial charge in [0.1, 0.15) is 0 Å². The summed E-state index contributed by atoms with van der Waals surface area (Å²) in [7, 11) is 0. The first-order valence-corrected chi connectivity index (χ1v) is 23.7. The first-order valence-electron chi connectivity index (χ1n) is 23.7. The average molecular weight is 802 g/mol. The van der Waals surface area contributed by atoms with E-state index in [9.17, 15) is 0 Å². The van der Waals surface area contributed by atoms with E-state index in [2.05, 4.69) is 196 Å². The van der Waals surface area contributed by atoms with Crippen LogP contribution in [0.25, 0.3) is 22.3 Å². The van der Waals surface area contributed by atoms with Crippen LogP contribution in [0, 0.1) is 29.1 Å². The molecule has 0 amide bonds. The third-order valence-corrected chi connectivity index (χ3v) is 18.7. The Kier molecular flexibility index (Phi) is 6.87. The van der Waals surface area contributed by atoms with Gasteiger partial charge in [-0.25, -0.2) is 0 Å². The fraction of sp³-hybridized carbons (Fsp3) is 0.311. The molecule has 7 aromatic carbocycles. The van der Waals surface area contributed by atoms with Crippen molar-refractivity contribution in [2.45, 2.75) is 87.9 Å². The molecule has 0 aliphatic heterocycles. The Morgan fingerprint density at radius 2 is 1.03 bits per heavy atom. The molecule has 0 radical (unpaired) electrons. The van der Waals surface area contributed by atoms with Crippen LogP contribution in [-0.4, -0.2) is 0 Å². The molecule has 6 atom stereocenters. The molecule has 304 valence electrons. The van der Waals surface area contributed by atoms with Gasteiger partial charge in [0, 0.05) is 22.4 Å². The van der Waals surface area contributed by atoms with Crippen molar-refractivity contribution in [1.82, 2.24) is 0 Å². The summed E-state index contributed by atoms with van der Waals surface area (Å²) in [6, 6.07) is 63.8. The summed E-state index contributed by atoms with van der Waals surface area (Å²) in [5.41, 5.74) is 21.6. The highest BCUT2D eigenvalue weighted by Crippen LogP contribution is 2.90. The minimum absolute atomic E-state index is 0.0970. The van der Waals surface area contributed by atoms with Gasteiger partial charge in [-0.05, 0) is 170 Å². The molecule has 7 aliphatic carbocycles. The van der Waals surface area contributed by atoms with Crippen LogP contribution in [0.5, 0.6) is 0 Å². The molecule has 7 aromatic rings. The molecule has 14 rings (SSSR count). The Bertz CT molecular complexity index is 2980. The van der Waals surface area contributed by atoms with Crippen molar-refractivity contribution in [3.8, 4) is 22.3 Å². The number of anilines is 3. The van der Waals surface area contributed by atoms with Gasteiger partial charge in [0.25, 0.3) is 0 Å². The van der Waals surface area contributed by atoms with Crippen molar-refractivity contribution >= 4 is 17.1 Å². The quantitative estimate of drug-likeness (QED) is 0.168. The molecule has 62 heavy (non-hydrogen) atoms. The van der Waals surface area contributed by atoms with Gasteiger partial charge in [-0.2, -0.15) is 0 Å². The number of nitrogens with zero attached hydrogens (tertiary/aromatic N) is 1.